The van der Waals surface area contributed by atoms with Crippen LogP contribution in [0.3, 0.4) is 0 Å². The molecule has 0 aliphatic rings. The molecule has 2 heterocycles. The fraction of sp³-hybridized carbons (Fsp3) is 0.400. The fourth-order valence-corrected chi connectivity index (χ4v) is 4.31. The van der Waals surface area contributed by atoms with E-state index in [9.17, 15) is 9.59 Å². The minimum atomic E-state index is -0.349. The lowest BCUT2D eigenvalue weighted by Gasteiger charge is -2.10. The van der Waals surface area contributed by atoms with E-state index in [4.69, 9.17) is 27.8 Å². The molecule has 8 nitrogen and oxygen atoms in total. The molecular formula is C30H34O8. The van der Waals surface area contributed by atoms with Crippen molar-refractivity contribution in [3.8, 4) is 11.5 Å². The molecule has 0 radical (unpaired) electrons. The zero-order valence-corrected chi connectivity index (χ0v) is 22.0. The quantitative estimate of drug-likeness (QED) is 0.153. The summed E-state index contributed by atoms with van der Waals surface area (Å²) in [5.41, 5.74) is 2.35. The highest BCUT2D eigenvalue weighted by Gasteiger charge is 2.08. The highest BCUT2D eigenvalue weighted by atomic mass is 16.6. The smallest absolute Gasteiger partial charge is 0.336 e. The van der Waals surface area contributed by atoms with Crippen molar-refractivity contribution >= 4 is 21.9 Å². The Kier molecular flexibility index (Phi) is 9.95. The molecule has 0 bridgehead atoms. The predicted octanol–water partition coefficient (Wildman–Crippen LogP) is 5.30. The Labute approximate surface area is 221 Å². The Morgan fingerprint density at radius 2 is 1.00 bits per heavy atom. The summed E-state index contributed by atoms with van der Waals surface area (Å²) in [5.74, 6) is 1.25. The van der Waals surface area contributed by atoms with E-state index in [0.717, 1.165) is 47.6 Å². The summed E-state index contributed by atoms with van der Waals surface area (Å²) < 4.78 is 33.3. The molecule has 8 heteroatoms. The molecule has 4 rings (SSSR count). The van der Waals surface area contributed by atoms with Gasteiger partial charge < -0.3 is 27.8 Å². The average Bonchev–Trinajstić information content (AvgIpc) is 2.89. The molecule has 0 atom stereocenters. The molecule has 0 aliphatic heterocycles. The van der Waals surface area contributed by atoms with Crippen molar-refractivity contribution < 1.29 is 27.8 Å². The van der Waals surface area contributed by atoms with E-state index < -0.39 is 0 Å². The van der Waals surface area contributed by atoms with Crippen LogP contribution < -0.4 is 20.7 Å². The van der Waals surface area contributed by atoms with Gasteiger partial charge in [-0.3, -0.25) is 0 Å². The van der Waals surface area contributed by atoms with Gasteiger partial charge in [0.25, 0.3) is 0 Å². The third-order valence-corrected chi connectivity index (χ3v) is 6.01. The lowest BCUT2D eigenvalue weighted by molar-refractivity contribution is 0.0274. The minimum absolute atomic E-state index is 0.349. The van der Waals surface area contributed by atoms with Gasteiger partial charge in [-0.05, 0) is 48.2 Å². The van der Waals surface area contributed by atoms with Gasteiger partial charge in [0.15, 0.2) is 0 Å². The van der Waals surface area contributed by atoms with Crippen LogP contribution in [0, 0.1) is 0 Å². The summed E-state index contributed by atoms with van der Waals surface area (Å²) in [6.07, 6.45) is 3.56. The van der Waals surface area contributed by atoms with Crippen molar-refractivity contribution in [3.63, 3.8) is 0 Å². The second-order valence-corrected chi connectivity index (χ2v) is 8.92. The van der Waals surface area contributed by atoms with Gasteiger partial charge in [-0.2, -0.15) is 0 Å². The van der Waals surface area contributed by atoms with Crippen LogP contribution in [0.2, 0.25) is 0 Å². The van der Waals surface area contributed by atoms with E-state index in [0.29, 0.717) is 62.3 Å². The fourth-order valence-electron chi connectivity index (χ4n) is 4.31. The first-order valence-electron chi connectivity index (χ1n) is 13.1. The summed E-state index contributed by atoms with van der Waals surface area (Å²) in [6, 6.07) is 14.2. The van der Waals surface area contributed by atoms with E-state index in [2.05, 4.69) is 13.8 Å². The summed E-state index contributed by atoms with van der Waals surface area (Å²) in [4.78, 5) is 23.6. The number of benzene rings is 2. The van der Waals surface area contributed by atoms with Gasteiger partial charge >= 0.3 is 11.3 Å². The zero-order chi connectivity index (χ0) is 26.7. The lowest BCUT2D eigenvalue weighted by atomic mass is 10.1. The first-order valence-corrected chi connectivity index (χ1v) is 13.1. The second-order valence-electron chi connectivity index (χ2n) is 8.92. The van der Waals surface area contributed by atoms with Crippen molar-refractivity contribution in [3.05, 3.63) is 80.5 Å². The Hall–Kier alpha value is -3.62. The third kappa shape index (κ3) is 7.46. The molecule has 38 heavy (non-hydrogen) atoms. The summed E-state index contributed by atoms with van der Waals surface area (Å²) in [6.45, 7) is 6.55. The molecular weight excluding hydrogens is 488 g/mol. The SMILES string of the molecule is CCCc1cc(=O)oc2cc(OCCOCCOCCOc3ccc4c(CCC)cc(=O)oc4c3)ccc12. The van der Waals surface area contributed by atoms with E-state index >= 15 is 0 Å². The van der Waals surface area contributed by atoms with Crippen molar-refractivity contribution in [1.29, 1.82) is 0 Å². The molecule has 0 saturated carbocycles. The van der Waals surface area contributed by atoms with Gasteiger partial charge in [-0.1, -0.05) is 26.7 Å². The minimum Gasteiger partial charge on any atom is -0.491 e. The Morgan fingerprint density at radius 1 is 0.579 bits per heavy atom. The number of hydrogen-bond donors (Lipinski definition) is 0. The summed E-state index contributed by atoms with van der Waals surface area (Å²) in [5, 5.41) is 1.87. The number of hydrogen-bond acceptors (Lipinski definition) is 8. The van der Waals surface area contributed by atoms with Gasteiger partial charge in [0.1, 0.15) is 35.9 Å². The average molecular weight is 523 g/mol. The van der Waals surface area contributed by atoms with Crippen LogP contribution in [0.4, 0.5) is 0 Å². The Balaban J connectivity index is 1.12. The molecule has 0 aliphatic carbocycles. The van der Waals surface area contributed by atoms with Gasteiger partial charge in [-0.15, -0.1) is 0 Å². The van der Waals surface area contributed by atoms with Crippen molar-refractivity contribution in [2.24, 2.45) is 0 Å². The highest BCUT2D eigenvalue weighted by Crippen LogP contribution is 2.24. The molecule has 202 valence electrons. The lowest BCUT2D eigenvalue weighted by Crippen LogP contribution is -2.13. The van der Waals surface area contributed by atoms with Gasteiger partial charge in [0, 0.05) is 35.0 Å². The maximum absolute atomic E-state index is 11.8. The maximum Gasteiger partial charge on any atom is 0.336 e. The van der Waals surface area contributed by atoms with Crippen LogP contribution >= 0.6 is 0 Å². The topological polar surface area (TPSA) is 97.3 Å². The van der Waals surface area contributed by atoms with Crippen molar-refractivity contribution in [2.75, 3.05) is 39.6 Å². The van der Waals surface area contributed by atoms with Crippen LogP contribution in [-0.2, 0) is 22.3 Å². The molecule has 0 spiro atoms. The second kappa shape index (κ2) is 13.8. The van der Waals surface area contributed by atoms with Crippen LogP contribution in [-0.4, -0.2) is 39.6 Å². The molecule has 0 unspecified atom stereocenters. The summed E-state index contributed by atoms with van der Waals surface area (Å²) in [7, 11) is 0. The van der Waals surface area contributed by atoms with Crippen LogP contribution in [0.5, 0.6) is 11.5 Å². The predicted molar refractivity (Wildman–Crippen MR) is 146 cm³/mol. The van der Waals surface area contributed by atoms with Crippen LogP contribution in [0.15, 0.2) is 67.0 Å². The standard InChI is InChI=1S/C30H34O8/c1-3-5-21-17-29(31)37-27-19-23(7-9-25(21)27)35-15-13-33-11-12-34-14-16-36-24-8-10-26-22(6-4-2)18-30(32)38-28(26)20-24/h7-10,17-20H,3-6,11-16H2,1-2H3. The van der Waals surface area contributed by atoms with E-state index in [1.807, 2.05) is 24.3 Å². The normalized spacial score (nSPS) is 11.3. The van der Waals surface area contributed by atoms with Gasteiger partial charge in [-0.25, -0.2) is 9.59 Å². The Morgan fingerprint density at radius 3 is 1.42 bits per heavy atom. The number of aryl methyl sites for hydroxylation is 2. The zero-order valence-electron chi connectivity index (χ0n) is 22.0. The molecule has 0 N–H and O–H groups in total. The summed E-state index contributed by atoms with van der Waals surface area (Å²) >= 11 is 0. The van der Waals surface area contributed by atoms with Crippen LogP contribution in [0.1, 0.15) is 37.8 Å². The van der Waals surface area contributed by atoms with E-state index in [-0.39, 0.29) is 11.3 Å². The third-order valence-electron chi connectivity index (χ3n) is 6.01. The highest BCUT2D eigenvalue weighted by molar-refractivity contribution is 5.82. The first kappa shape index (κ1) is 27.4. The molecule has 0 amide bonds. The van der Waals surface area contributed by atoms with Gasteiger partial charge in [0.05, 0.1) is 26.4 Å². The molecule has 2 aromatic heterocycles. The van der Waals surface area contributed by atoms with E-state index in [1.165, 1.54) is 0 Å². The maximum atomic E-state index is 11.8. The number of fused-ring (bicyclic) bond motifs is 2. The Bertz CT molecular complexity index is 1340. The largest absolute Gasteiger partial charge is 0.491 e. The monoisotopic (exact) mass is 522 g/mol. The van der Waals surface area contributed by atoms with Crippen molar-refractivity contribution in [2.45, 2.75) is 39.5 Å². The number of rotatable bonds is 15. The van der Waals surface area contributed by atoms with E-state index in [1.54, 1.807) is 24.3 Å². The van der Waals surface area contributed by atoms with Gasteiger partial charge in [0.2, 0.25) is 0 Å². The van der Waals surface area contributed by atoms with Crippen molar-refractivity contribution in [1.82, 2.24) is 0 Å². The number of ether oxygens (including phenoxy) is 4. The molecule has 4 aromatic rings. The molecule has 0 saturated heterocycles. The molecule has 0 fully saturated rings. The first-order chi connectivity index (χ1) is 18.6. The molecule has 2 aromatic carbocycles. The van der Waals surface area contributed by atoms with Crippen LogP contribution in [0.25, 0.3) is 21.9 Å².